The molecule has 0 saturated heterocycles. The van der Waals surface area contributed by atoms with Gasteiger partial charge in [-0.2, -0.15) is 0 Å². The maximum atomic E-state index is 2.67. The molecule has 0 nitrogen and oxygen atoms in total. The summed E-state index contributed by atoms with van der Waals surface area (Å²) in [5, 5.41) is 14.9. The Hall–Kier alpha value is -1.53. The molecule has 4 aliphatic rings. The highest BCUT2D eigenvalue weighted by atomic mass is 32.1. The first-order valence-corrected chi connectivity index (χ1v) is 78.3. The molecule has 4 aliphatic heterocycles. The lowest BCUT2D eigenvalue weighted by molar-refractivity contribution is 0.430. The van der Waals surface area contributed by atoms with Crippen LogP contribution in [0.4, 0.5) is 0 Å². The monoisotopic (exact) mass is 2150 g/mol. The van der Waals surface area contributed by atoms with E-state index in [4.69, 9.17) is 0 Å². The average Bonchev–Trinajstić information content (AvgIpc) is 1.57. The first-order valence-electron chi connectivity index (χ1n) is 62.1. The molecule has 142 heavy (non-hydrogen) atoms. The van der Waals surface area contributed by atoms with Gasteiger partial charge in [-0.15, -0.1) is 90.7 Å². The van der Waals surface area contributed by atoms with Crippen molar-refractivity contribution in [1.29, 1.82) is 0 Å². The summed E-state index contributed by atoms with van der Waals surface area (Å²) in [5.74, 6) is 3.76. The van der Waals surface area contributed by atoms with Crippen molar-refractivity contribution in [2.75, 3.05) is 0 Å². The van der Waals surface area contributed by atoms with Crippen LogP contribution in [0.25, 0.3) is 39.0 Å². The summed E-state index contributed by atoms with van der Waals surface area (Å²) in [7, 11) is -6.71. The van der Waals surface area contributed by atoms with Crippen LogP contribution in [-0.4, -0.2) is 32.3 Å². The van der Waals surface area contributed by atoms with Crippen LogP contribution in [0, 0.1) is 79.1 Å². The third-order valence-electron chi connectivity index (χ3n) is 34.4. The molecule has 0 saturated carbocycles. The number of unbranched alkanes of at least 4 members (excludes halogenated alkanes) is 46. The van der Waals surface area contributed by atoms with Crippen LogP contribution < -0.4 is 41.5 Å². The van der Waals surface area contributed by atoms with E-state index in [1.807, 2.05) is 41.5 Å². The molecule has 4 unspecified atom stereocenters. The molecular formula is C130H220S8Si4. The average molecular weight is 2150 g/mol. The fraction of sp³-hybridized carbons (Fsp3) is 0.754. The van der Waals surface area contributed by atoms with Gasteiger partial charge in [0.1, 0.15) is 32.3 Å². The molecule has 12 heteroatoms. The predicted molar refractivity (Wildman–Crippen MR) is 674 cm³/mol. The van der Waals surface area contributed by atoms with Crippen molar-refractivity contribution in [3.05, 3.63) is 87.5 Å². The summed E-state index contributed by atoms with van der Waals surface area (Å²) in [6, 6.07) is 33.4. The van der Waals surface area contributed by atoms with Crippen molar-refractivity contribution in [1.82, 2.24) is 0 Å². The zero-order valence-corrected chi connectivity index (χ0v) is 107. The van der Waals surface area contributed by atoms with Gasteiger partial charge in [0.05, 0.1) is 0 Å². The van der Waals surface area contributed by atoms with E-state index in [0.717, 1.165) is 23.7 Å². The number of hydrogen-bond donors (Lipinski definition) is 0. The molecule has 8 aromatic heterocycles. The molecule has 4 atom stereocenters. The van der Waals surface area contributed by atoms with Crippen molar-refractivity contribution in [2.24, 2.45) is 23.7 Å². The van der Waals surface area contributed by atoms with Crippen LogP contribution in [0.15, 0.2) is 48.5 Å². The third kappa shape index (κ3) is 37.4. The molecule has 12 rings (SSSR count). The van der Waals surface area contributed by atoms with Gasteiger partial charge in [0.25, 0.3) is 0 Å². The van der Waals surface area contributed by atoms with E-state index >= 15 is 0 Å². The molecule has 804 valence electrons. The quantitative estimate of drug-likeness (QED) is 0.0263. The summed E-state index contributed by atoms with van der Waals surface area (Å²) in [6.45, 7) is 47.1. The van der Waals surface area contributed by atoms with Gasteiger partial charge < -0.3 is 0 Å². The van der Waals surface area contributed by atoms with Gasteiger partial charge in [0.15, 0.2) is 0 Å². The van der Waals surface area contributed by atoms with Gasteiger partial charge in [0.2, 0.25) is 0 Å². The summed E-state index contributed by atoms with van der Waals surface area (Å²) in [5.41, 5.74) is 0. The van der Waals surface area contributed by atoms with Crippen LogP contribution in [0.2, 0.25) is 48.4 Å². The van der Waals surface area contributed by atoms with Gasteiger partial charge in [0, 0.05) is 78.0 Å². The molecule has 12 heterocycles. The Morgan fingerprint density at radius 3 is 0.401 bits per heavy atom. The molecule has 0 aliphatic carbocycles. The molecule has 0 amide bonds. The third-order valence-corrected chi connectivity index (χ3v) is 66.2. The van der Waals surface area contributed by atoms with Crippen LogP contribution in [0.1, 0.15) is 546 Å². The van der Waals surface area contributed by atoms with Gasteiger partial charge in [-0.1, -0.05) is 507 Å². The van der Waals surface area contributed by atoms with Crippen LogP contribution >= 0.6 is 90.7 Å². The van der Waals surface area contributed by atoms with Crippen molar-refractivity contribution >= 4 is 164 Å². The van der Waals surface area contributed by atoms with Gasteiger partial charge in [-0.3, -0.25) is 0 Å². The van der Waals surface area contributed by atoms with E-state index in [0.29, 0.717) is 0 Å². The second-order valence-corrected chi connectivity index (χ2v) is 73.6. The van der Waals surface area contributed by atoms with E-state index in [-0.39, 0.29) is 0 Å². The molecular weight excluding hydrogens is 1930 g/mol. The fourth-order valence-electron chi connectivity index (χ4n) is 26.7. The molecule has 0 bridgehead atoms. The Kier molecular flexibility index (Phi) is 60.5. The first-order chi connectivity index (χ1) is 69.2. The van der Waals surface area contributed by atoms with Crippen LogP contribution in [-0.2, 0) is 0 Å². The highest BCUT2D eigenvalue weighted by Crippen LogP contribution is 2.51. The Morgan fingerprint density at radius 2 is 0.254 bits per heavy atom. The number of thiophene rings is 8. The van der Waals surface area contributed by atoms with E-state index < -0.39 is 32.3 Å². The lowest BCUT2D eigenvalue weighted by Gasteiger charge is -2.33. The molecule has 0 fully saturated rings. The Morgan fingerprint density at radius 1 is 0.148 bits per heavy atom. The Bertz CT molecular complexity index is 4440. The standard InChI is InChI=1S/C34H58S2Si.C33H56S2Si.C32H54S2Si.C31H52S2Si/c1-6-9-12-15-17-20-23-30(22-19-14-11-8-3)27-37(24-21-18-16-13-10-7-2)31-25-28(4)35-33(31)34-32(37)26-29(5)36-34;1-6-9-12-15-16-19-22-29(21-18-14-11-8-3)26-36(23-20-17-13-10-7-2)30-24-27(4)34-32(30)33-31(36)25-28(5)35-33;1-6-9-12-15-16-18-21-28(20-17-13-10-7-2)25-35(22-19-14-11-8-3)29-23-26(4)33-31(29)32-30(35)24-27(5)34-32;1-6-9-12-14-15-17-20-27(19-16-13-10-7-2)24-34(21-18-11-8-3)28-22-25(4)32-30(28)31-29(34)23-26(5)33-31/h25-26,30H,6-24,27H2,1-5H3;24-25,29H,6-23,26H2,1-5H3;23-24,28H,6-22,25H2,1-5H3;22-23,27H,6-21,24H2,1-5H3. The minimum Gasteiger partial charge on any atom is -0.140 e. The maximum Gasteiger partial charge on any atom is 0.122 e. The van der Waals surface area contributed by atoms with Gasteiger partial charge >= 0.3 is 0 Å². The number of rotatable bonds is 78. The molecule has 8 aromatic rings. The zero-order valence-electron chi connectivity index (χ0n) is 96.5. The van der Waals surface area contributed by atoms with Crippen LogP contribution in [0.3, 0.4) is 0 Å². The van der Waals surface area contributed by atoms with Crippen molar-refractivity contribution < 1.29 is 0 Å². The summed E-state index contributed by atoms with van der Waals surface area (Å²) in [6.07, 6.45) is 94.5. The minimum absolute atomic E-state index is 0.939. The molecule has 0 aromatic carbocycles. The highest BCUT2D eigenvalue weighted by molar-refractivity contribution is 7.32. The fourth-order valence-corrected chi connectivity index (χ4v) is 65.4. The molecule has 0 spiro atoms. The summed E-state index contributed by atoms with van der Waals surface area (Å²) >= 11 is 16.8. The lowest BCUT2D eigenvalue weighted by Crippen LogP contribution is -2.55. The molecule has 0 radical (unpaired) electrons. The number of fused-ring (bicyclic) bond motifs is 12. The number of hydrogen-bond acceptors (Lipinski definition) is 8. The Balaban J connectivity index is 0.000000211. The number of aryl methyl sites for hydroxylation is 8. The normalized spacial score (nSPS) is 14.8. The van der Waals surface area contributed by atoms with E-state index in [2.05, 4.69) is 278 Å². The second-order valence-electron chi connectivity index (χ2n) is 47.0. The molecule has 0 N–H and O–H groups in total. The smallest absolute Gasteiger partial charge is 0.122 e. The SMILES string of the molecule is CCCCCCCCC(CCCCCC)C[Si]1(CCCCC)c2cc(C)sc2-c2sc(C)cc21.CCCCCCCCC(CCCCCC)C[Si]1(CCCCCC)c2cc(C)sc2-c2sc(C)cc21.CCCCCCCCC(CCCCCC)C[Si]1(CCCCCCC)c2cc(C)sc2-c2sc(C)cc21.CCCCCCCCC(CCCCCC)C[Si]1(CCCCCCCC)c2cc(C)sc2-c2sc(C)cc21. The lowest BCUT2D eigenvalue weighted by atomic mass is 9.96. The minimum atomic E-state index is -1.69. The first kappa shape index (κ1) is 124. The zero-order chi connectivity index (χ0) is 102. The summed E-state index contributed by atoms with van der Waals surface area (Å²) < 4.78 is 0. The summed E-state index contributed by atoms with van der Waals surface area (Å²) in [4.78, 5) is 26.0. The second kappa shape index (κ2) is 69.3. The van der Waals surface area contributed by atoms with E-state index in [1.54, 1.807) is 78.0 Å². The van der Waals surface area contributed by atoms with Gasteiger partial charge in [-0.05, 0) is 217 Å². The van der Waals surface area contributed by atoms with Gasteiger partial charge in [-0.25, -0.2) is 0 Å². The topological polar surface area (TPSA) is 0 Å². The van der Waals surface area contributed by atoms with Crippen molar-refractivity contribution in [3.63, 3.8) is 0 Å². The van der Waals surface area contributed by atoms with E-state index in [9.17, 15) is 0 Å². The Labute approximate surface area is 916 Å². The van der Waals surface area contributed by atoms with E-state index in [1.165, 1.54) is 472 Å². The largest absolute Gasteiger partial charge is 0.140 e. The highest BCUT2D eigenvalue weighted by Gasteiger charge is 2.53. The maximum absolute atomic E-state index is 2.67. The van der Waals surface area contributed by atoms with Crippen molar-refractivity contribution in [3.8, 4) is 39.0 Å². The predicted octanol–water partition coefficient (Wildman–Crippen LogP) is 44.3. The van der Waals surface area contributed by atoms with Crippen molar-refractivity contribution in [2.45, 2.75) is 611 Å². The van der Waals surface area contributed by atoms with Crippen LogP contribution in [0.5, 0.6) is 0 Å².